The SMILES string of the molecule is CCNC(c1cc(C)c(F)c(C)c1)c1cc2c(s1)CCC2. The van der Waals surface area contributed by atoms with Crippen molar-refractivity contribution in [2.24, 2.45) is 0 Å². The number of hydrogen-bond acceptors (Lipinski definition) is 2. The van der Waals surface area contributed by atoms with E-state index in [1.165, 1.54) is 35.3 Å². The molecule has 21 heavy (non-hydrogen) atoms. The van der Waals surface area contributed by atoms with Crippen molar-refractivity contribution in [1.82, 2.24) is 5.32 Å². The lowest BCUT2D eigenvalue weighted by Gasteiger charge is -2.19. The van der Waals surface area contributed by atoms with Gasteiger partial charge in [-0.05, 0) is 68.0 Å². The van der Waals surface area contributed by atoms with Gasteiger partial charge in [0.25, 0.3) is 0 Å². The van der Waals surface area contributed by atoms with Crippen LogP contribution in [0.25, 0.3) is 0 Å². The average molecular weight is 303 g/mol. The number of nitrogens with one attached hydrogen (secondary N) is 1. The van der Waals surface area contributed by atoms with Crippen molar-refractivity contribution in [1.29, 1.82) is 0 Å². The predicted molar refractivity (Wildman–Crippen MR) is 87.7 cm³/mol. The van der Waals surface area contributed by atoms with E-state index < -0.39 is 0 Å². The van der Waals surface area contributed by atoms with Crippen molar-refractivity contribution >= 4 is 11.3 Å². The summed E-state index contributed by atoms with van der Waals surface area (Å²) in [4.78, 5) is 2.91. The molecule has 1 aliphatic rings. The molecule has 0 aliphatic heterocycles. The van der Waals surface area contributed by atoms with Crippen LogP contribution in [0.2, 0.25) is 0 Å². The van der Waals surface area contributed by atoms with Gasteiger partial charge in [0.15, 0.2) is 0 Å². The predicted octanol–water partition coefficient (Wildman–Crippen LogP) is 4.69. The van der Waals surface area contributed by atoms with Crippen molar-refractivity contribution in [3.8, 4) is 0 Å². The molecule has 1 nitrogen and oxygen atoms in total. The normalized spacial score (nSPS) is 15.2. The maximum atomic E-state index is 13.9. The van der Waals surface area contributed by atoms with Crippen LogP contribution >= 0.6 is 11.3 Å². The Labute approximate surface area is 130 Å². The molecule has 1 aromatic carbocycles. The van der Waals surface area contributed by atoms with E-state index in [2.05, 4.69) is 18.3 Å². The zero-order valence-corrected chi connectivity index (χ0v) is 13.7. The van der Waals surface area contributed by atoms with Crippen molar-refractivity contribution in [2.45, 2.75) is 46.1 Å². The summed E-state index contributed by atoms with van der Waals surface area (Å²) in [5.41, 5.74) is 4.16. The first kappa shape index (κ1) is 14.7. The lowest BCUT2D eigenvalue weighted by molar-refractivity contribution is 0.600. The Hall–Kier alpha value is -1.19. The highest BCUT2D eigenvalue weighted by molar-refractivity contribution is 7.12. The molecule has 1 unspecified atom stereocenters. The molecule has 1 N–H and O–H groups in total. The van der Waals surface area contributed by atoms with Crippen molar-refractivity contribution in [3.05, 3.63) is 56.0 Å². The molecule has 0 spiro atoms. The van der Waals surface area contributed by atoms with E-state index in [1.807, 2.05) is 37.3 Å². The Bertz CT molecular complexity index is 615. The molecule has 3 heteroatoms. The van der Waals surface area contributed by atoms with Gasteiger partial charge in [-0.25, -0.2) is 4.39 Å². The summed E-state index contributed by atoms with van der Waals surface area (Å²) in [6, 6.07) is 6.51. The number of rotatable bonds is 4. The third kappa shape index (κ3) is 2.77. The Balaban J connectivity index is 2.01. The second kappa shape index (κ2) is 5.90. The van der Waals surface area contributed by atoms with E-state index >= 15 is 0 Å². The quantitative estimate of drug-likeness (QED) is 0.864. The van der Waals surface area contributed by atoms with E-state index in [9.17, 15) is 4.39 Å². The van der Waals surface area contributed by atoms with Gasteiger partial charge in [0.2, 0.25) is 0 Å². The second-order valence-electron chi connectivity index (χ2n) is 5.91. The smallest absolute Gasteiger partial charge is 0.129 e. The van der Waals surface area contributed by atoms with Gasteiger partial charge in [0.1, 0.15) is 5.82 Å². The molecule has 1 heterocycles. The van der Waals surface area contributed by atoms with E-state index in [4.69, 9.17) is 0 Å². The highest BCUT2D eigenvalue weighted by Crippen LogP contribution is 2.36. The molecule has 0 fully saturated rings. The molecule has 2 aromatic rings. The lowest BCUT2D eigenvalue weighted by atomic mass is 9.99. The topological polar surface area (TPSA) is 12.0 Å². The first-order valence-electron chi connectivity index (χ1n) is 7.71. The molecular formula is C18H22FNS. The minimum Gasteiger partial charge on any atom is -0.306 e. The number of aryl methyl sites for hydroxylation is 4. The molecule has 1 aliphatic carbocycles. The molecule has 0 bridgehead atoms. The van der Waals surface area contributed by atoms with Crippen LogP contribution < -0.4 is 5.32 Å². The molecule has 0 amide bonds. The van der Waals surface area contributed by atoms with Gasteiger partial charge in [-0.15, -0.1) is 11.3 Å². The molecule has 0 saturated carbocycles. The minimum atomic E-state index is -0.0809. The molecule has 0 saturated heterocycles. The average Bonchev–Trinajstić information content (AvgIpc) is 3.02. The molecule has 112 valence electrons. The fourth-order valence-electron chi connectivity index (χ4n) is 3.23. The Morgan fingerprint density at radius 3 is 2.52 bits per heavy atom. The fraction of sp³-hybridized carbons (Fsp3) is 0.444. The van der Waals surface area contributed by atoms with Crippen molar-refractivity contribution in [3.63, 3.8) is 0 Å². The van der Waals surface area contributed by atoms with Gasteiger partial charge in [0.05, 0.1) is 6.04 Å². The van der Waals surface area contributed by atoms with Gasteiger partial charge in [0, 0.05) is 9.75 Å². The standard InChI is InChI=1S/C18H22FNS/c1-4-20-18(14-8-11(2)17(19)12(3)9-14)16-10-13-6-5-7-15(13)21-16/h8-10,18,20H,4-7H2,1-3H3. The summed E-state index contributed by atoms with van der Waals surface area (Å²) in [7, 11) is 0. The first-order valence-corrected chi connectivity index (χ1v) is 8.53. The minimum absolute atomic E-state index is 0.0809. The Kier molecular flexibility index (Phi) is 4.14. The van der Waals surface area contributed by atoms with Crippen LogP contribution in [0.15, 0.2) is 18.2 Å². The summed E-state index contributed by atoms with van der Waals surface area (Å²) >= 11 is 1.92. The zero-order chi connectivity index (χ0) is 15.0. The van der Waals surface area contributed by atoms with Crippen LogP contribution in [0.1, 0.15) is 51.4 Å². The summed E-state index contributed by atoms with van der Waals surface area (Å²) < 4.78 is 13.9. The summed E-state index contributed by atoms with van der Waals surface area (Å²) in [5, 5.41) is 3.57. The lowest BCUT2D eigenvalue weighted by Crippen LogP contribution is -2.21. The summed E-state index contributed by atoms with van der Waals surface area (Å²) in [5.74, 6) is -0.0809. The maximum absolute atomic E-state index is 13.9. The van der Waals surface area contributed by atoms with Crippen LogP contribution in [0, 0.1) is 19.7 Å². The maximum Gasteiger partial charge on any atom is 0.129 e. The number of hydrogen-bond donors (Lipinski definition) is 1. The number of thiophene rings is 1. The number of benzene rings is 1. The monoisotopic (exact) mass is 303 g/mol. The van der Waals surface area contributed by atoms with Gasteiger partial charge in [-0.3, -0.25) is 0 Å². The third-order valence-electron chi connectivity index (χ3n) is 4.25. The van der Waals surface area contributed by atoms with Gasteiger partial charge in [-0.2, -0.15) is 0 Å². The van der Waals surface area contributed by atoms with Gasteiger partial charge in [-0.1, -0.05) is 19.1 Å². The number of halogens is 1. The number of fused-ring (bicyclic) bond motifs is 1. The van der Waals surface area contributed by atoms with Gasteiger partial charge >= 0.3 is 0 Å². The van der Waals surface area contributed by atoms with Crippen molar-refractivity contribution < 1.29 is 4.39 Å². The van der Waals surface area contributed by atoms with Crippen LogP contribution in [0.5, 0.6) is 0 Å². The molecule has 1 atom stereocenters. The fourth-order valence-corrected chi connectivity index (χ4v) is 4.59. The Morgan fingerprint density at radius 1 is 1.19 bits per heavy atom. The third-order valence-corrected chi connectivity index (χ3v) is 5.55. The zero-order valence-electron chi connectivity index (χ0n) is 12.9. The van der Waals surface area contributed by atoms with E-state index in [0.717, 1.165) is 17.7 Å². The summed E-state index contributed by atoms with van der Waals surface area (Å²) in [6.45, 7) is 6.73. The highest BCUT2D eigenvalue weighted by Gasteiger charge is 2.22. The first-order chi connectivity index (χ1) is 10.1. The largest absolute Gasteiger partial charge is 0.306 e. The van der Waals surface area contributed by atoms with Crippen molar-refractivity contribution in [2.75, 3.05) is 6.54 Å². The van der Waals surface area contributed by atoms with Crippen LogP contribution in [0.4, 0.5) is 4.39 Å². The Morgan fingerprint density at radius 2 is 1.90 bits per heavy atom. The van der Waals surface area contributed by atoms with Crippen LogP contribution in [-0.2, 0) is 12.8 Å². The second-order valence-corrected chi connectivity index (χ2v) is 7.08. The van der Waals surface area contributed by atoms with E-state index in [0.29, 0.717) is 0 Å². The van der Waals surface area contributed by atoms with E-state index in [-0.39, 0.29) is 11.9 Å². The molecule has 1 aromatic heterocycles. The molecular weight excluding hydrogens is 281 g/mol. The van der Waals surface area contributed by atoms with Crippen LogP contribution in [-0.4, -0.2) is 6.54 Å². The summed E-state index contributed by atoms with van der Waals surface area (Å²) in [6.07, 6.45) is 3.73. The highest BCUT2D eigenvalue weighted by atomic mass is 32.1. The van der Waals surface area contributed by atoms with Crippen LogP contribution in [0.3, 0.4) is 0 Å². The van der Waals surface area contributed by atoms with Gasteiger partial charge < -0.3 is 5.32 Å². The molecule has 0 radical (unpaired) electrons. The molecule has 3 rings (SSSR count). The van der Waals surface area contributed by atoms with E-state index in [1.54, 1.807) is 4.88 Å².